The maximum Gasteiger partial charge on any atom is 0.272 e. The second-order valence-corrected chi connectivity index (χ2v) is 8.74. The first-order chi connectivity index (χ1) is 12.8. The maximum atomic E-state index is 12.8. The number of carbonyl (C=O) groups excluding carboxylic acids is 1. The van der Waals surface area contributed by atoms with Crippen molar-refractivity contribution in [2.45, 2.75) is 19.4 Å². The first kappa shape index (κ1) is 19.1. The third-order valence-electron chi connectivity index (χ3n) is 4.48. The Balaban J connectivity index is 1.81. The first-order valence-electron chi connectivity index (χ1n) is 8.52. The number of anilines is 2. The molecule has 1 unspecified atom stereocenters. The van der Waals surface area contributed by atoms with Gasteiger partial charge >= 0.3 is 0 Å². The fraction of sp³-hybridized carbons (Fsp3) is 0.389. The van der Waals surface area contributed by atoms with Gasteiger partial charge in [-0.15, -0.1) is 0 Å². The molecule has 0 saturated carbocycles. The van der Waals surface area contributed by atoms with E-state index in [0.29, 0.717) is 23.8 Å². The summed E-state index contributed by atoms with van der Waals surface area (Å²) >= 11 is 0. The largest absolute Gasteiger partial charge is 0.497 e. The average molecular weight is 390 g/mol. The summed E-state index contributed by atoms with van der Waals surface area (Å²) in [6.07, 6.45) is 0.448. The number of aromatic nitrogens is 2. The Bertz CT molecular complexity index is 962. The van der Waals surface area contributed by atoms with E-state index in [0.717, 1.165) is 5.69 Å². The van der Waals surface area contributed by atoms with E-state index in [2.05, 4.69) is 15.3 Å². The molecule has 27 heavy (non-hydrogen) atoms. The van der Waals surface area contributed by atoms with Crippen LogP contribution in [-0.4, -0.2) is 60.9 Å². The number of benzene rings is 1. The zero-order chi connectivity index (χ0) is 19.6. The lowest BCUT2D eigenvalue weighted by molar-refractivity contribution is 0.0741. The summed E-state index contributed by atoms with van der Waals surface area (Å²) in [6.45, 7) is 1.70. The number of sulfone groups is 1. The van der Waals surface area contributed by atoms with Crippen molar-refractivity contribution in [3.8, 4) is 5.75 Å². The van der Waals surface area contributed by atoms with E-state index in [-0.39, 0.29) is 29.1 Å². The van der Waals surface area contributed by atoms with Crippen LogP contribution in [0.15, 0.2) is 30.3 Å². The Morgan fingerprint density at radius 2 is 2.07 bits per heavy atom. The highest BCUT2D eigenvalue weighted by atomic mass is 32.2. The minimum absolute atomic E-state index is 0.00573. The molecule has 1 atom stereocenters. The molecule has 1 aromatic heterocycles. The van der Waals surface area contributed by atoms with Gasteiger partial charge < -0.3 is 15.0 Å². The molecule has 1 fully saturated rings. The molecule has 0 bridgehead atoms. The zero-order valence-electron chi connectivity index (χ0n) is 15.5. The van der Waals surface area contributed by atoms with Crippen LogP contribution in [0.1, 0.15) is 22.7 Å². The SMILES string of the molecule is COc1cccc(Nc2cc(C(=O)N(C)C3CCS(=O)(=O)C3)nc(C)n2)c1. The van der Waals surface area contributed by atoms with Gasteiger partial charge in [0.15, 0.2) is 9.84 Å². The van der Waals surface area contributed by atoms with Gasteiger partial charge in [-0.25, -0.2) is 18.4 Å². The summed E-state index contributed by atoms with van der Waals surface area (Å²) in [7, 11) is 0.128. The summed E-state index contributed by atoms with van der Waals surface area (Å²) in [5, 5.41) is 3.14. The van der Waals surface area contributed by atoms with Crippen molar-refractivity contribution in [2.24, 2.45) is 0 Å². The van der Waals surface area contributed by atoms with E-state index in [1.807, 2.05) is 24.3 Å². The Kier molecular flexibility index (Phi) is 5.31. The molecular weight excluding hydrogens is 368 g/mol. The third-order valence-corrected chi connectivity index (χ3v) is 6.23. The summed E-state index contributed by atoms with van der Waals surface area (Å²) in [5.74, 6) is 1.40. The lowest BCUT2D eigenvalue weighted by Gasteiger charge is -2.23. The molecule has 1 aliphatic heterocycles. The fourth-order valence-electron chi connectivity index (χ4n) is 3.02. The summed E-state index contributed by atoms with van der Waals surface area (Å²) < 4.78 is 28.6. The van der Waals surface area contributed by atoms with E-state index >= 15 is 0 Å². The Labute approximate surface area is 158 Å². The molecule has 9 heteroatoms. The van der Waals surface area contributed by atoms with Gasteiger partial charge in [0.2, 0.25) is 0 Å². The maximum absolute atomic E-state index is 12.8. The lowest BCUT2D eigenvalue weighted by Crippen LogP contribution is -2.38. The van der Waals surface area contributed by atoms with Crippen molar-refractivity contribution < 1.29 is 17.9 Å². The van der Waals surface area contributed by atoms with E-state index in [9.17, 15) is 13.2 Å². The van der Waals surface area contributed by atoms with Gasteiger partial charge in [-0.1, -0.05) is 6.07 Å². The molecule has 2 heterocycles. The molecule has 0 radical (unpaired) electrons. The van der Waals surface area contributed by atoms with Gasteiger partial charge in [0.25, 0.3) is 5.91 Å². The number of hydrogen-bond donors (Lipinski definition) is 1. The molecular formula is C18H22N4O4S. The molecule has 1 N–H and O–H groups in total. The summed E-state index contributed by atoms with van der Waals surface area (Å²) in [4.78, 5) is 22.8. The fourth-order valence-corrected chi connectivity index (χ4v) is 4.79. The number of carbonyl (C=O) groups is 1. The van der Waals surface area contributed by atoms with Crippen LogP contribution in [0.4, 0.5) is 11.5 Å². The summed E-state index contributed by atoms with van der Waals surface area (Å²) in [6, 6.07) is 8.58. The number of aryl methyl sites for hydroxylation is 1. The second-order valence-electron chi connectivity index (χ2n) is 6.52. The molecule has 0 spiro atoms. The van der Waals surface area contributed by atoms with Crippen molar-refractivity contribution >= 4 is 27.2 Å². The van der Waals surface area contributed by atoms with Crippen LogP contribution < -0.4 is 10.1 Å². The van der Waals surface area contributed by atoms with Crippen LogP contribution in [0.5, 0.6) is 5.75 Å². The molecule has 1 amide bonds. The van der Waals surface area contributed by atoms with Gasteiger partial charge in [0.05, 0.1) is 18.6 Å². The van der Waals surface area contributed by atoms with Crippen LogP contribution in [0, 0.1) is 6.92 Å². The Hall–Kier alpha value is -2.68. The van der Waals surface area contributed by atoms with Crippen molar-refractivity contribution in [2.75, 3.05) is 31.0 Å². The first-order valence-corrected chi connectivity index (χ1v) is 10.3. The highest BCUT2D eigenvalue weighted by Crippen LogP contribution is 2.22. The standard InChI is InChI=1S/C18H22N4O4S/c1-12-19-16(18(23)22(2)14-7-8-27(24,25)11-14)10-17(20-12)21-13-5-4-6-15(9-13)26-3/h4-6,9-10,14H,7-8,11H2,1-3H3,(H,19,20,21). The molecule has 0 aliphatic carbocycles. The molecule has 2 aromatic rings. The zero-order valence-corrected chi connectivity index (χ0v) is 16.3. The van der Waals surface area contributed by atoms with Gasteiger partial charge in [0, 0.05) is 30.9 Å². The molecule has 1 aliphatic rings. The Morgan fingerprint density at radius 1 is 1.30 bits per heavy atom. The summed E-state index contributed by atoms with van der Waals surface area (Å²) in [5.41, 5.74) is 0.987. The minimum Gasteiger partial charge on any atom is -0.497 e. The van der Waals surface area contributed by atoms with Crippen LogP contribution in [0.3, 0.4) is 0 Å². The normalized spacial score (nSPS) is 18.1. The second kappa shape index (κ2) is 7.51. The predicted molar refractivity (Wildman–Crippen MR) is 102 cm³/mol. The molecule has 1 aromatic carbocycles. The van der Waals surface area contributed by atoms with Gasteiger partial charge in [-0.2, -0.15) is 0 Å². The molecule has 3 rings (SSSR count). The number of rotatable bonds is 5. The van der Waals surface area contributed by atoms with Gasteiger partial charge in [-0.3, -0.25) is 4.79 Å². The number of nitrogens with zero attached hydrogens (tertiary/aromatic N) is 3. The monoisotopic (exact) mass is 390 g/mol. The number of methoxy groups -OCH3 is 1. The van der Waals surface area contributed by atoms with E-state index in [1.54, 1.807) is 27.1 Å². The smallest absolute Gasteiger partial charge is 0.272 e. The van der Waals surface area contributed by atoms with E-state index in [4.69, 9.17) is 4.74 Å². The van der Waals surface area contributed by atoms with Gasteiger partial charge in [-0.05, 0) is 25.5 Å². The van der Waals surface area contributed by atoms with E-state index < -0.39 is 9.84 Å². The number of nitrogens with one attached hydrogen (secondary N) is 1. The number of amides is 1. The van der Waals surface area contributed by atoms with Crippen molar-refractivity contribution in [3.63, 3.8) is 0 Å². The van der Waals surface area contributed by atoms with Crippen LogP contribution in [0.2, 0.25) is 0 Å². The number of hydrogen-bond acceptors (Lipinski definition) is 7. The topological polar surface area (TPSA) is 101 Å². The average Bonchev–Trinajstić information content (AvgIpc) is 3.00. The quantitative estimate of drug-likeness (QED) is 0.830. The Morgan fingerprint density at radius 3 is 2.74 bits per heavy atom. The highest BCUT2D eigenvalue weighted by molar-refractivity contribution is 7.91. The molecule has 8 nitrogen and oxygen atoms in total. The van der Waals surface area contributed by atoms with Crippen LogP contribution in [-0.2, 0) is 9.84 Å². The lowest BCUT2D eigenvalue weighted by atomic mass is 10.2. The number of ether oxygens (including phenoxy) is 1. The van der Waals surface area contributed by atoms with Crippen LogP contribution >= 0.6 is 0 Å². The predicted octanol–water partition coefficient (Wildman–Crippen LogP) is 1.80. The molecule has 144 valence electrons. The van der Waals surface area contributed by atoms with Crippen LogP contribution in [0.25, 0.3) is 0 Å². The van der Waals surface area contributed by atoms with E-state index in [1.165, 1.54) is 4.90 Å². The van der Waals surface area contributed by atoms with Crippen molar-refractivity contribution in [1.82, 2.24) is 14.9 Å². The minimum atomic E-state index is -3.07. The van der Waals surface area contributed by atoms with Gasteiger partial charge in [0.1, 0.15) is 23.1 Å². The molecule has 1 saturated heterocycles. The third kappa shape index (κ3) is 4.54. The van der Waals surface area contributed by atoms with Crippen molar-refractivity contribution in [3.05, 3.63) is 41.9 Å². The highest BCUT2D eigenvalue weighted by Gasteiger charge is 2.33. The van der Waals surface area contributed by atoms with Crippen molar-refractivity contribution in [1.29, 1.82) is 0 Å².